The van der Waals surface area contributed by atoms with E-state index in [2.05, 4.69) is 12.1 Å². The molecule has 2 aromatic rings. The highest BCUT2D eigenvalue weighted by Gasteiger charge is 2.26. The van der Waals surface area contributed by atoms with Gasteiger partial charge in [0, 0.05) is 0 Å². The molecule has 1 aliphatic carbocycles. The number of rotatable bonds is 0. The van der Waals surface area contributed by atoms with Crippen LogP contribution in [0.15, 0.2) is 48.5 Å². The second-order valence-corrected chi connectivity index (χ2v) is 4.55. The quantitative estimate of drug-likeness (QED) is 0.722. The lowest BCUT2D eigenvalue weighted by atomic mass is 9.97. The van der Waals surface area contributed by atoms with Gasteiger partial charge in [0.15, 0.2) is 0 Å². The van der Waals surface area contributed by atoms with E-state index in [1.807, 2.05) is 36.4 Å². The van der Waals surface area contributed by atoms with E-state index in [1.165, 1.54) is 11.1 Å². The van der Waals surface area contributed by atoms with Crippen LogP contribution in [-0.4, -0.2) is 5.11 Å². The summed E-state index contributed by atoms with van der Waals surface area (Å²) in [4.78, 5) is 0. The third kappa shape index (κ3) is 1.66. The number of aliphatic hydroxyl groups excluding tert-OH is 1. The van der Waals surface area contributed by atoms with Gasteiger partial charge in [-0.15, -0.1) is 0 Å². The summed E-state index contributed by atoms with van der Waals surface area (Å²) < 4.78 is 0. The number of benzene rings is 2. The Bertz CT molecular complexity index is 501. The summed E-state index contributed by atoms with van der Waals surface area (Å²) in [6.07, 6.45) is 0.228. The molecule has 0 saturated heterocycles. The van der Waals surface area contributed by atoms with Gasteiger partial charge in [-0.2, -0.15) is 0 Å². The normalized spacial score (nSPS) is 22.5. The van der Waals surface area contributed by atoms with Crippen molar-refractivity contribution in [1.82, 2.24) is 0 Å². The molecule has 0 spiro atoms. The maximum absolute atomic E-state index is 10.3. The molecular formula is C15H15NO. The van der Waals surface area contributed by atoms with E-state index in [0.29, 0.717) is 0 Å². The van der Waals surface area contributed by atoms with E-state index < -0.39 is 6.10 Å². The predicted octanol–water partition coefficient (Wildman–Crippen LogP) is 2.32. The summed E-state index contributed by atoms with van der Waals surface area (Å²) in [5.41, 5.74) is 10.5. The second kappa shape index (κ2) is 3.99. The average Bonchev–Trinajstić information content (AvgIpc) is 2.48. The Labute approximate surface area is 101 Å². The molecule has 3 N–H and O–H groups in total. The van der Waals surface area contributed by atoms with Gasteiger partial charge >= 0.3 is 0 Å². The van der Waals surface area contributed by atoms with Crippen molar-refractivity contribution >= 4 is 0 Å². The molecule has 0 radical (unpaired) electrons. The summed E-state index contributed by atoms with van der Waals surface area (Å²) >= 11 is 0. The molecular weight excluding hydrogens is 210 g/mol. The Morgan fingerprint density at radius 2 is 1.41 bits per heavy atom. The molecule has 0 saturated carbocycles. The molecule has 0 amide bonds. The van der Waals surface area contributed by atoms with E-state index in [-0.39, 0.29) is 6.04 Å². The molecule has 0 unspecified atom stereocenters. The van der Waals surface area contributed by atoms with Crippen molar-refractivity contribution in [1.29, 1.82) is 0 Å². The largest absolute Gasteiger partial charge is 0.386 e. The maximum Gasteiger partial charge on any atom is 0.0985 e. The van der Waals surface area contributed by atoms with Crippen molar-refractivity contribution < 1.29 is 5.11 Å². The lowest BCUT2D eigenvalue weighted by Crippen LogP contribution is -2.19. The highest BCUT2D eigenvalue weighted by Crippen LogP contribution is 2.35. The Morgan fingerprint density at radius 1 is 0.882 bits per heavy atom. The van der Waals surface area contributed by atoms with Crippen LogP contribution in [0.2, 0.25) is 0 Å². The number of fused-ring (bicyclic) bond motifs is 2. The van der Waals surface area contributed by atoms with Crippen LogP contribution < -0.4 is 5.73 Å². The Balaban J connectivity index is 2.20. The van der Waals surface area contributed by atoms with Crippen LogP contribution in [0.25, 0.3) is 0 Å². The van der Waals surface area contributed by atoms with Crippen molar-refractivity contribution in [3.8, 4) is 0 Å². The van der Waals surface area contributed by atoms with Crippen molar-refractivity contribution in [3.63, 3.8) is 0 Å². The summed E-state index contributed by atoms with van der Waals surface area (Å²) in [6, 6.07) is 15.7. The summed E-state index contributed by atoms with van der Waals surface area (Å²) in [7, 11) is 0. The maximum atomic E-state index is 10.3. The van der Waals surface area contributed by atoms with E-state index in [4.69, 9.17) is 5.73 Å². The Hall–Kier alpha value is -1.64. The lowest BCUT2D eigenvalue weighted by Gasteiger charge is -2.19. The first-order valence-electron chi connectivity index (χ1n) is 5.86. The molecule has 17 heavy (non-hydrogen) atoms. The van der Waals surface area contributed by atoms with Crippen LogP contribution in [0.4, 0.5) is 0 Å². The topological polar surface area (TPSA) is 46.2 Å². The van der Waals surface area contributed by atoms with Gasteiger partial charge in [0.25, 0.3) is 0 Å². The summed E-state index contributed by atoms with van der Waals surface area (Å²) in [6.45, 7) is 0. The first-order chi connectivity index (χ1) is 8.27. The SMILES string of the molecule is N[C@H]1c2ccccc2Cc2ccccc2[C@@H]1O. The third-order valence-corrected chi connectivity index (χ3v) is 3.51. The third-order valence-electron chi connectivity index (χ3n) is 3.51. The first-order valence-corrected chi connectivity index (χ1v) is 5.86. The molecule has 2 atom stereocenters. The standard InChI is InChI=1S/C15H15NO/c16-14-12-7-3-1-5-10(12)9-11-6-2-4-8-13(11)15(14)17/h1-8,14-15,17H,9,16H2/t14-,15-/m0/s1. The van der Waals surface area contributed by atoms with Crippen LogP contribution >= 0.6 is 0 Å². The molecule has 2 nitrogen and oxygen atoms in total. The minimum absolute atomic E-state index is 0.338. The minimum Gasteiger partial charge on any atom is -0.386 e. The highest BCUT2D eigenvalue weighted by molar-refractivity contribution is 5.43. The van der Waals surface area contributed by atoms with Gasteiger partial charge in [-0.25, -0.2) is 0 Å². The Kier molecular flexibility index (Phi) is 2.46. The summed E-state index contributed by atoms with van der Waals surface area (Å²) in [5, 5.41) is 10.3. The van der Waals surface area contributed by atoms with Gasteiger partial charge in [-0.05, 0) is 28.7 Å². The monoisotopic (exact) mass is 225 g/mol. The molecule has 2 heteroatoms. The fraction of sp³-hybridized carbons (Fsp3) is 0.200. The van der Waals surface area contributed by atoms with Crippen LogP contribution in [0.3, 0.4) is 0 Å². The molecule has 0 aliphatic heterocycles. The lowest BCUT2D eigenvalue weighted by molar-refractivity contribution is 0.147. The van der Waals surface area contributed by atoms with Crippen LogP contribution in [-0.2, 0) is 6.42 Å². The molecule has 86 valence electrons. The van der Waals surface area contributed by atoms with Gasteiger partial charge in [-0.1, -0.05) is 48.5 Å². The fourth-order valence-electron chi connectivity index (χ4n) is 2.57. The van der Waals surface area contributed by atoms with Gasteiger partial charge in [0.1, 0.15) is 0 Å². The van der Waals surface area contributed by atoms with E-state index in [1.54, 1.807) is 0 Å². The molecule has 3 rings (SSSR count). The average molecular weight is 225 g/mol. The smallest absolute Gasteiger partial charge is 0.0985 e. The second-order valence-electron chi connectivity index (χ2n) is 4.55. The zero-order valence-electron chi connectivity index (χ0n) is 9.51. The molecule has 0 fully saturated rings. The van der Waals surface area contributed by atoms with Gasteiger partial charge < -0.3 is 10.8 Å². The number of nitrogens with two attached hydrogens (primary N) is 1. The van der Waals surface area contributed by atoms with Gasteiger partial charge in [-0.3, -0.25) is 0 Å². The molecule has 1 aliphatic rings. The number of hydrogen-bond acceptors (Lipinski definition) is 2. The van der Waals surface area contributed by atoms with E-state index >= 15 is 0 Å². The summed E-state index contributed by atoms with van der Waals surface area (Å²) in [5.74, 6) is 0. The zero-order valence-corrected chi connectivity index (χ0v) is 9.51. The van der Waals surface area contributed by atoms with Gasteiger partial charge in [0.2, 0.25) is 0 Å². The van der Waals surface area contributed by atoms with E-state index in [9.17, 15) is 5.11 Å². The molecule has 0 heterocycles. The first kappa shape index (κ1) is 10.5. The molecule has 2 aromatic carbocycles. The molecule has 0 aromatic heterocycles. The minimum atomic E-state index is -0.616. The molecule has 0 bridgehead atoms. The van der Waals surface area contributed by atoms with Crippen molar-refractivity contribution in [2.24, 2.45) is 5.73 Å². The van der Waals surface area contributed by atoms with Crippen molar-refractivity contribution in [2.45, 2.75) is 18.6 Å². The van der Waals surface area contributed by atoms with Crippen LogP contribution in [0, 0.1) is 0 Å². The van der Waals surface area contributed by atoms with Crippen LogP contribution in [0.1, 0.15) is 34.4 Å². The van der Waals surface area contributed by atoms with Crippen molar-refractivity contribution in [2.75, 3.05) is 0 Å². The fourth-order valence-corrected chi connectivity index (χ4v) is 2.57. The zero-order chi connectivity index (χ0) is 11.8. The Morgan fingerprint density at radius 3 is 2.12 bits per heavy atom. The highest BCUT2D eigenvalue weighted by atomic mass is 16.3. The van der Waals surface area contributed by atoms with E-state index in [0.717, 1.165) is 17.5 Å². The number of aliphatic hydroxyl groups is 1. The van der Waals surface area contributed by atoms with Gasteiger partial charge in [0.05, 0.1) is 12.1 Å². The van der Waals surface area contributed by atoms with Crippen molar-refractivity contribution in [3.05, 3.63) is 70.8 Å². The number of hydrogen-bond donors (Lipinski definition) is 2. The predicted molar refractivity (Wildman–Crippen MR) is 67.6 cm³/mol. The van der Waals surface area contributed by atoms with Crippen LogP contribution in [0.5, 0.6) is 0 Å².